The predicted molar refractivity (Wildman–Crippen MR) is 47.1 cm³/mol. The molecule has 1 aliphatic carbocycles. The molecule has 0 aliphatic heterocycles. The number of hydrogen-bond donors (Lipinski definition) is 1. The second-order valence-electron chi connectivity index (χ2n) is 3.55. The quantitative estimate of drug-likeness (QED) is 0.529. The Labute approximate surface area is 81.9 Å². The van der Waals surface area contributed by atoms with Crippen molar-refractivity contribution in [3.8, 4) is 0 Å². The van der Waals surface area contributed by atoms with Crippen LogP contribution in [0.4, 0.5) is 0 Å². The van der Waals surface area contributed by atoms with Crippen molar-refractivity contribution in [2.45, 2.75) is 38.1 Å². The molecule has 1 N–H and O–H groups in total. The molecule has 0 radical (unpaired) electrons. The highest BCUT2D eigenvalue weighted by molar-refractivity contribution is 4.88. The lowest BCUT2D eigenvalue weighted by Crippen LogP contribution is -2.36. The summed E-state index contributed by atoms with van der Waals surface area (Å²) in [6.07, 6.45) is -0.172. The Bertz CT molecular complexity index is 208. The lowest BCUT2D eigenvalue weighted by atomic mass is 10.00. The molecule has 1 fully saturated rings. The van der Waals surface area contributed by atoms with Crippen molar-refractivity contribution in [1.29, 1.82) is 0 Å². The van der Waals surface area contributed by atoms with E-state index in [1.165, 1.54) is 7.11 Å². The molecule has 4 unspecified atom stereocenters. The first-order valence-electron chi connectivity index (χ1n) is 4.58. The molecule has 1 rings (SSSR count). The van der Waals surface area contributed by atoms with Crippen LogP contribution in [0.3, 0.4) is 0 Å². The zero-order chi connectivity index (χ0) is 10.7. The van der Waals surface area contributed by atoms with Crippen LogP contribution in [0.25, 0.3) is 0 Å². The first kappa shape index (κ1) is 11.2. The zero-order valence-electron chi connectivity index (χ0n) is 8.25. The third-order valence-electron chi connectivity index (χ3n) is 2.70. The molecular weight excluding hydrogens is 190 g/mol. The molecule has 1 aliphatic rings. The number of methoxy groups -OCH3 is 1. The molecular formula is C8H15NO5. The molecule has 6 nitrogen and oxygen atoms in total. The third-order valence-corrected chi connectivity index (χ3v) is 2.70. The van der Waals surface area contributed by atoms with Gasteiger partial charge >= 0.3 is 0 Å². The van der Waals surface area contributed by atoms with Gasteiger partial charge in [-0.2, -0.15) is 0 Å². The van der Waals surface area contributed by atoms with E-state index in [1.807, 2.05) is 0 Å². The standard InChI is InChI=1S/C8H15NO5/c1-5(10)6-3-4-7(13-2)8(6)14-9(11)12/h5-8,10H,3-4H2,1-2H3. The fraction of sp³-hybridized carbons (Fsp3) is 1.00. The van der Waals surface area contributed by atoms with Gasteiger partial charge in [0.2, 0.25) is 0 Å². The first-order chi connectivity index (χ1) is 6.56. The average molecular weight is 205 g/mol. The molecule has 0 saturated heterocycles. The average Bonchev–Trinajstić information content (AvgIpc) is 2.46. The first-order valence-corrected chi connectivity index (χ1v) is 4.58. The van der Waals surface area contributed by atoms with Crippen LogP contribution < -0.4 is 0 Å². The van der Waals surface area contributed by atoms with Gasteiger partial charge in [0.25, 0.3) is 5.09 Å². The summed E-state index contributed by atoms with van der Waals surface area (Å²) in [5.41, 5.74) is 0. The summed E-state index contributed by atoms with van der Waals surface area (Å²) in [5, 5.41) is 18.8. The van der Waals surface area contributed by atoms with Gasteiger partial charge in [0.15, 0.2) is 0 Å². The minimum Gasteiger partial charge on any atom is -0.393 e. The fourth-order valence-electron chi connectivity index (χ4n) is 1.97. The van der Waals surface area contributed by atoms with Crippen LogP contribution >= 0.6 is 0 Å². The minimum absolute atomic E-state index is 0.217. The van der Waals surface area contributed by atoms with Crippen LogP contribution in [0.1, 0.15) is 19.8 Å². The maximum absolute atomic E-state index is 10.2. The van der Waals surface area contributed by atoms with Crippen molar-refractivity contribution in [3.63, 3.8) is 0 Å². The molecule has 0 amide bonds. The topological polar surface area (TPSA) is 81.8 Å². The Kier molecular flexibility index (Phi) is 3.65. The van der Waals surface area contributed by atoms with Gasteiger partial charge in [0.05, 0.1) is 12.2 Å². The van der Waals surface area contributed by atoms with E-state index in [0.717, 1.165) is 0 Å². The summed E-state index contributed by atoms with van der Waals surface area (Å²) in [7, 11) is 1.49. The molecule has 0 heterocycles. The van der Waals surface area contributed by atoms with E-state index in [1.54, 1.807) is 6.92 Å². The van der Waals surface area contributed by atoms with Crippen LogP contribution in [0.2, 0.25) is 0 Å². The van der Waals surface area contributed by atoms with Gasteiger partial charge in [-0.3, -0.25) is 0 Å². The minimum atomic E-state index is -0.822. The molecule has 0 aromatic rings. The van der Waals surface area contributed by atoms with Crippen LogP contribution in [0.5, 0.6) is 0 Å². The smallest absolute Gasteiger partial charge is 0.294 e. The van der Waals surface area contributed by atoms with Crippen molar-refractivity contribution in [3.05, 3.63) is 10.1 Å². The SMILES string of the molecule is COC1CCC(C(C)O)C1O[N+](=O)[O-]. The number of aliphatic hydroxyl groups excluding tert-OH is 1. The van der Waals surface area contributed by atoms with Crippen LogP contribution in [-0.4, -0.2) is 35.6 Å². The van der Waals surface area contributed by atoms with Crippen molar-refractivity contribution in [1.82, 2.24) is 0 Å². The fourth-order valence-corrected chi connectivity index (χ4v) is 1.97. The third kappa shape index (κ3) is 2.33. The van der Waals surface area contributed by atoms with Crippen LogP contribution in [0, 0.1) is 16.0 Å². The van der Waals surface area contributed by atoms with Crippen molar-refractivity contribution >= 4 is 0 Å². The largest absolute Gasteiger partial charge is 0.393 e. The normalized spacial score (nSPS) is 34.1. The van der Waals surface area contributed by atoms with Gasteiger partial charge in [0.1, 0.15) is 6.10 Å². The molecule has 14 heavy (non-hydrogen) atoms. The molecule has 0 spiro atoms. The van der Waals surface area contributed by atoms with E-state index in [2.05, 4.69) is 4.84 Å². The molecule has 1 saturated carbocycles. The summed E-state index contributed by atoms with van der Waals surface area (Å²) in [6.45, 7) is 1.61. The van der Waals surface area contributed by atoms with Crippen molar-refractivity contribution in [2.75, 3.05) is 7.11 Å². The van der Waals surface area contributed by atoms with Crippen molar-refractivity contribution < 1.29 is 19.8 Å². The van der Waals surface area contributed by atoms with Gasteiger partial charge < -0.3 is 14.7 Å². The van der Waals surface area contributed by atoms with Crippen LogP contribution in [0.15, 0.2) is 0 Å². The Morgan fingerprint density at radius 2 is 2.21 bits per heavy atom. The van der Waals surface area contributed by atoms with E-state index >= 15 is 0 Å². The summed E-state index contributed by atoms with van der Waals surface area (Å²) < 4.78 is 5.06. The molecule has 0 bridgehead atoms. The van der Waals surface area contributed by atoms with Gasteiger partial charge in [-0.25, -0.2) is 0 Å². The summed E-state index contributed by atoms with van der Waals surface area (Å²) >= 11 is 0. The molecule has 0 aromatic heterocycles. The number of aliphatic hydroxyl groups is 1. The molecule has 6 heteroatoms. The Balaban J connectivity index is 2.65. The number of rotatable bonds is 4. The highest BCUT2D eigenvalue weighted by Gasteiger charge is 2.41. The Hall–Kier alpha value is -0.880. The number of nitrogens with zero attached hydrogens (tertiary/aromatic N) is 1. The van der Waals surface area contributed by atoms with E-state index in [0.29, 0.717) is 12.8 Å². The predicted octanol–water partition coefficient (Wildman–Crippen LogP) is 0.369. The van der Waals surface area contributed by atoms with E-state index < -0.39 is 17.3 Å². The highest BCUT2D eigenvalue weighted by Crippen LogP contribution is 2.32. The van der Waals surface area contributed by atoms with E-state index in [9.17, 15) is 15.2 Å². The molecule has 4 atom stereocenters. The Morgan fingerprint density at radius 1 is 1.57 bits per heavy atom. The lowest BCUT2D eigenvalue weighted by molar-refractivity contribution is -0.772. The monoisotopic (exact) mass is 205 g/mol. The summed E-state index contributed by atoms with van der Waals surface area (Å²) in [4.78, 5) is 14.8. The van der Waals surface area contributed by atoms with E-state index in [4.69, 9.17) is 4.74 Å². The highest BCUT2D eigenvalue weighted by atomic mass is 17.0. The number of ether oxygens (including phenoxy) is 1. The second-order valence-corrected chi connectivity index (χ2v) is 3.55. The van der Waals surface area contributed by atoms with Gasteiger partial charge in [-0.1, -0.05) is 0 Å². The van der Waals surface area contributed by atoms with Crippen molar-refractivity contribution in [2.24, 2.45) is 5.92 Å². The molecule has 0 aromatic carbocycles. The molecule has 82 valence electrons. The summed E-state index contributed by atoms with van der Waals surface area (Å²) in [5.74, 6) is -0.217. The van der Waals surface area contributed by atoms with Gasteiger partial charge in [-0.15, -0.1) is 10.1 Å². The maximum Gasteiger partial charge on any atom is 0.294 e. The van der Waals surface area contributed by atoms with Crippen LogP contribution in [-0.2, 0) is 9.57 Å². The number of hydrogen-bond acceptors (Lipinski definition) is 5. The zero-order valence-corrected chi connectivity index (χ0v) is 8.25. The summed E-state index contributed by atoms with van der Waals surface area (Å²) in [6, 6.07) is 0. The second kappa shape index (κ2) is 4.56. The van der Waals surface area contributed by atoms with E-state index in [-0.39, 0.29) is 12.0 Å². The maximum atomic E-state index is 10.2. The van der Waals surface area contributed by atoms with Gasteiger partial charge in [-0.05, 0) is 19.8 Å². The Morgan fingerprint density at radius 3 is 2.64 bits per heavy atom. The lowest BCUT2D eigenvalue weighted by Gasteiger charge is -2.23. The van der Waals surface area contributed by atoms with Gasteiger partial charge in [0, 0.05) is 13.0 Å².